The van der Waals surface area contributed by atoms with Crippen molar-refractivity contribution in [1.29, 1.82) is 0 Å². The highest BCUT2D eigenvalue weighted by Crippen LogP contribution is 2.05. The van der Waals surface area contributed by atoms with Crippen LogP contribution in [-0.2, 0) is 9.59 Å². The van der Waals surface area contributed by atoms with Gasteiger partial charge in [0.25, 0.3) is 0 Å². The van der Waals surface area contributed by atoms with Crippen molar-refractivity contribution in [2.24, 2.45) is 0 Å². The highest BCUT2D eigenvalue weighted by Gasteiger charge is 2.03. The molecular weight excluding hydrogens is 324 g/mol. The Hall–Kier alpha value is -1.18. The van der Waals surface area contributed by atoms with Crippen molar-refractivity contribution >= 4 is 11.9 Å². The zero-order valence-electron chi connectivity index (χ0n) is 16.0. The van der Waals surface area contributed by atoms with E-state index < -0.39 is 11.9 Å². The van der Waals surface area contributed by atoms with E-state index in [4.69, 9.17) is 10.2 Å². The van der Waals surface area contributed by atoms with E-state index in [1.807, 2.05) is 0 Å². The van der Waals surface area contributed by atoms with Crippen molar-refractivity contribution in [2.45, 2.75) is 64.2 Å². The van der Waals surface area contributed by atoms with Crippen LogP contribution in [0.25, 0.3) is 0 Å². The number of carbonyl (C=O) groups is 2. The molecule has 0 atom stereocenters. The van der Waals surface area contributed by atoms with Gasteiger partial charge in [0.05, 0.1) is 0 Å². The van der Waals surface area contributed by atoms with E-state index in [-0.39, 0.29) is 18.3 Å². The number of carboxylic acid groups (broad SMARTS) is 2. The van der Waals surface area contributed by atoms with Crippen LogP contribution in [0.4, 0.5) is 0 Å². The lowest BCUT2D eigenvalue weighted by atomic mass is 10.1. The van der Waals surface area contributed by atoms with Crippen LogP contribution in [0.2, 0.25) is 0 Å². The lowest BCUT2D eigenvalue weighted by Crippen LogP contribution is -2.24. The number of likely N-dealkylation sites (tertiary alicyclic amines) is 2. The van der Waals surface area contributed by atoms with Gasteiger partial charge in [-0.3, -0.25) is 9.59 Å². The maximum absolute atomic E-state index is 9.90. The zero-order chi connectivity index (χ0) is 18.2. The lowest BCUT2D eigenvalue weighted by Gasteiger charge is -2.20. The van der Waals surface area contributed by atoms with Gasteiger partial charge in [-0.25, -0.2) is 0 Å². The Kier molecular flexibility index (Phi) is 18.4. The average molecular weight is 363 g/mol. The van der Waals surface area contributed by atoms with Gasteiger partial charge in [-0.2, -0.15) is 0 Å². The number of carboxylic acids is 2. The first-order valence-corrected chi connectivity index (χ1v) is 9.22. The normalized spacial score (nSPS) is 17.8. The molecule has 2 rings (SSSR count). The predicted octanol–water partition coefficient (Wildman–Crippen LogP) is 2.10. The first-order chi connectivity index (χ1) is 11.4. The van der Waals surface area contributed by atoms with Crippen LogP contribution in [0.3, 0.4) is 0 Å². The summed E-state index contributed by atoms with van der Waals surface area (Å²) in [6.07, 6.45) is 9.57. The summed E-state index contributed by atoms with van der Waals surface area (Å²) in [6, 6.07) is 0. The van der Waals surface area contributed by atoms with E-state index >= 15 is 0 Å². The number of nitrogens with zero attached hydrogens (tertiary/aromatic N) is 2. The molecule has 2 fully saturated rings. The molecule has 7 heteroatoms. The molecule has 0 aromatic heterocycles. The summed E-state index contributed by atoms with van der Waals surface area (Å²) in [5.74, 6) is -1.74. The van der Waals surface area contributed by atoms with Crippen LogP contribution in [-0.4, -0.2) is 77.7 Å². The SMILES string of the molecule is CN1CCCCC1.CN1CCCCC1.O.O=C(O)CCCCC(=O)O. The fourth-order valence-corrected chi connectivity index (χ4v) is 2.66. The number of rotatable bonds is 5. The molecule has 2 aliphatic heterocycles. The summed E-state index contributed by atoms with van der Waals surface area (Å²) in [4.78, 5) is 24.6. The summed E-state index contributed by atoms with van der Waals surface area (Å²) < 4.78 is 0. The quantitative estimate of drug-likeness (QED) is 0.724. The standard InChI is InChI=1S/2C6H13N.C6H10O4.H2O/c2*1-7-5-3-2-4-6-7;7-5(8)3-1-2-4-6(9)10;/h2*2-6H2,1H3;1-4H2,(H,7,8)(H,9,10);1H2. The van der Waals surface area contributed by atoms with E-state index in [2.05, 4.69) is 23.9 Å². The molecule has 0 radical (unpaired) electrons. The molecule has 0 spiro atoms. The Labute approximate surface area is 152 Å². The zero-order valence-corrected chi connectivity index (χ0v) is 16.0. The van der Waals surface area contributed by atoms with Crippen molar-refractivity contribution < 1.29 is 25.3 Å². The third-order valence-corrected chi connectivity index (χ3v) is 4.19. The predicted molar refractivity (Wildman–Crippen MR) is 100 cm³/mol. The Morgan fingerprint density at radius 2 is 0.960 bits per heavy atom. The molecule has 2 saturated heterocycles. The average Bonchev–Trinajstić information content (AvgIpc) is 2.54. The molecule has 0 unspecified atom stereocenters. The van der Waals surface area contributed by atoms with Crippen molar-refractivity contribution in [3.8, 4) is 0 Å². The van der Waals surface area contributed by atoms with Crippen LogP contribution in [0, 0.1) is 0 Å². The Morgan fingerprint density at radius 1 is 0.680 bits per heavy atom. The van der Waals surface area contributed by atoms with Crippen LogP contribution < -0.4 is 0 Å². The van der Waals surface area contributed by atoms with E-state index in [1.54, 1.807) is 0 Å². The van der Waals surface area contributed by atoms with E-state index in [9.17, 15) is 9.59 Å². The van der Waals surface area contributed by atoms with E-state index in [1.165, 1.54) is 64.7 Å². The lowest BCUT2D eigenvalue weighted by molar-refractivity contribution is -0.139. The smallest absolute Gasteiger partial charge is 0.303 e. The highest BCUT2D eigenvalue weighted by molar-refractivity contribution is 5.67. The first kappa shape index (κ1) is 26.1. The number of unbranched alkanes of at least 4 members (excludes halogenated alkanes) is 1. The summed E-state index contributed by atoms with van der Waals surface area (Å²) in [5, 5.41) is 16.3. The molecule has 0 aliphatic carbocycles. The van der Waals surface area contributed by atoms with Crippen molar-refractivity contribution in [1.82, 2.24) is 9.80 Å². The van der Waals surface area contributed by atoms with Gasteiger partial charge in [-0.15, -0.1) is 0 Å². The van der Waals surface area contributed by atoms with Crippen LogP contribution in [0.15, 0.2) is 0 Å². The highest BCUT2D eigenvalue weighted by atomic mass is 16.4. The van der Waals surface area contributed by atoms with Gasteiger partial charge < -0.3 is 25.5 Å². The Balaban J connectivity index is 0. The van der Waals surface area contributed by atoms with Gasteiger partial charge in [0, 0.05) is 12.8 Å². The number of hydrogen-bond donors (Lipinski definition) is 2. The second kappa shape index (κ2) is 17.6. The topological polar surface area (TPSA) is 113 Å². The summed E-state index contributed by atoms with van der Waals surface area (Å²) in [7, 11) is 4.39. The minimum absolute atomic E-state index is 0. The maximum atomic E-state index is 9.90. The molecule has 0 amide bonds. The second-order valence-electron chi connectivity index (χ2n) is 6.72. The molecule has 150 valence electrons. The summed E-state index contributed by atoms with van der Waals surface area (Å²) >= 11 is 0. The molecule has 0 bridgehead atoms. The van der Waals surface area contributed by atoms with E-state index in [0.29, 0.717) is 12.8 Å². The fraction of sp³-hybridized carbons (Fsp3) is 0.889. The van der Waals surface area contributed by atoms with Crippen LogP contribution in [0.1, 0.15) is 64.2 Å². The van der Waals surface area contributed by atoms with Crippen molar-refractivity contribution in [3.63, 3.8) is 0 Å². The second-order valence-corrected chi connectivity index (χ2v) is 6.72. The molecule has 0 saturated carbocycles. The Bertz CT molecular complexity index is 295. The van der Waals surface area contributed by atoms with Crippen molar-refractivity contribution in [3.05, 3.63) is 0 Å². The van der Waals surface area contributed by atoms with Gasteiger partial charge in [0.2, 0.25) is 0 Å². The van der Waals surface area contributed by atoms with Gasteiger partial charge >= 0.3 is 11.9 Å². The summed E-state index contributed by atoms with van der Waals surface area (Å²) in [5.41, 5.74) is 0. The van der Waals surface area contributed by atoms with Gasteiger partial charge in [0.1, 0.15) is 0 Å². The molecular formula is C18H38N2O5. The van der Waals surface area contributed by atoms with Crippen molar-refractivity contribution in [2.75, 3.05) is 40.3 Å². The molecule has 2 aliphatic rings. The molecule has 7 nitrogen and oxygen atoms in total. The number of aliphatic carboxylic acids is 2. The van der Waals surface area contributed by atoms with Crippen LogP contribution >= 0.6 is 0 Å². The Morgan fingerprint density at radius 3 is 1.12 bits per heavy atom. The van der Waals surface area contributed by atoms with E-state index in [0.717, 1.165) is 0 Å². The van der Waals surface area contributed by atoms with Gasteiger partial charge in [-0.1, -0.05) is 12.8 Å². The summed E-state index contributed by atoms with van der Waals surface area (Å²) in [6.45, 7) is 5.28. The fourth-order valence-electron chi connectivity index (χ4n) is 2.66. The number of piperidine rings is 2. The molecule has 2 heterocycles. The third-order valence-electron chi connectivity index (χ3n) is 4.19. The molecule has 25 heavy (non-hydrogen) atoms. The first-order valence-electron chi connectivity index (χ1n) is 9.22. The third kappa shape index (κ3) is 20.8. The monoisotopic (exact) mass is 362 g/mol. The minimum atomic E-state index is -0.870. The molecule has 0 aromatic carbocycles. The minimum Gasteiger partial charge on any atom is -0.481 e. The van der Waals surface area contributed by atoms with Crippen LogP contribution in [0.5, 0.6) is 0 Å². The largest absolute Gasteiger partial charge is 0.481 e. The molecule has 4 N–H and O–H groups in total. The van der Waals surface area contributed by atoms with Gasteiger partial charge in [0.15, 0.2) is 0 Å². The maximum Gasteiger partial charge on any atom is 0.303 e. The number of hydrogen-bond acceptors (Lipinski definition) is 4. The van der Waals surface area contributed by atoms with Gasteiger partial charge in [-0.05, 0) is 78.8 Å². The molecule has 0 aromatic rings.